The Hall–Kier alpha value is -0.975. The van der Waals surface area contributed by atoms with Crippen LogP contribution >= 0.6 is 0 Å². The molecule has 0 aromatic heterocycles. The van der Waals surface area contributed by atoms with Gasteiger partial charge >= 0.3 is 7.12 Å². The number of nitrogens with zero attached hydrogens (tertiary/aromatic N) is 1. The summed E-state index contributed by atoms with van der Waals surface area (Å²) in [4.78, 5) is 15.6. The molecule has 1 saturated heterocycles. The predicted molar refractivity (Wildman–Crippen MR) is 79.5 cm³/mol. The van der Waals surface area contributed by atoms with E-state index in [2.05, 4.69) is 4.99 Å². The number of ketones is 1. The summed E-state index contributed by atoms with van der Waals surface area (Å²) in [7, 11) is -0.415. The zero-order valence-corrected chi connectivity index (χ0v) is 12.9. The quantitative estimate of drug-likeness (QED) is 0.793. The van der Waals surface area contributed by atoms with E-state index in [1.807, 2.05) is 27.7 Å². The van der Waals surface area contributed by atoms with Gasteiger partial charge in [0.25, 0.3) is 0 Å². The van der Waals surface area contributed by atoms with Gasteiger partial charge in [0.05, 0.1) is 22.9 Å². The van der Waals surface area contributed by atoms with E-state index >= 15 is 0 Å². The van der Waals surface area contributed by atoms with Crippen LogP contribution in [0.1, 0.15) is 47.5 Å². The van der Waals surface area contributed by atoms with Crippen LogP contribution in [0.5, 0.6) is 0 Å². The van der Waals surface area contributed by atoms with Gasteiger partial charge in [-0.3, -0.25) is 9.79 Å². The molecule has 0 spiro atoms. The fraction of sp³-hybridized carbons (Fsp3) is 0.714. The van der Waals surface area contributed by atoms with Crippen LogP contribution in [0, 0.1) is 0 Å². The van der Waals surface area contributed by atoms with E-state index in [1.165, 1.54) is 6.92 Å². The van der Waals surface area contributed by atoms with E-state index in [0.29, 0.717) is 12.8 Å². The van der Waals surface area contributed by atoms with E-state index in [0.717, 1.165) is 11.2 Å². The minimum absolute atomic E-state index is 0.00465. The topological polar surface area (TPSA) is 73.9 Å². The van der Waals surface area contributed by atoms with Crippen molar-refractivity contribution < 1.29 is 14.1 Å². The number of aliphatic imine (C=N–C) groups is 1. The number of rotatable bonds is 4. The van der Waals surface area contributed by atoms with Crippen LogP contribution in [0.2, 0.25) is 0 Å². The Bertz CT molecular complexity index is 467. The Morgan fingerprint density at radius 2 is 1.95 bits per heavy atom. The lowest BCUT2D eigenvalue weighted by molar-refractivity contribution is -0.118. The van der Waals surface area contributed by atoms with Gasteiger partial charge in [-0.2, -0.15) is 0 Å². The van der Waals surface area contributed by atoms with Gasteiger partial charge in [-0.1, -0.05) is 0 Å². The first kappa shape index (κ1) is 15.4. The normalized spacial score (nSPS) is 25.4. The molecule has 0 bridgehead atoms. The van der Waals surface area contributed by atoms with Gasteiger partial charge in [-0.25, -0.2) is 0 Å². The monoisotopic (exact) mass is 278 g/mol. The summed E-state index contributed by atoms with van der Waals surface area (Å²) in [6, 6.07) is -0.450. The molecule has 2 N–H and O–H groups in total. The number of carbonyl (C=O) groups is 1. The molecule has 2 rings (SSSR count). The third-order valence-corrected chi connectivity index (χ3v) is 4.35. The maximum Gasteiger partial charge on any atom is 0.510 e. The Morgan fingerprint density at radius 1 is 1.40 bits per heavy atom. The van der Waals surface area contributed by atoms with Gasteiger partial charge in [0.2, 0.25) is 0 Å². The predicted octanol–water partition coefficient (Wildman–Crippen LogP) is 1.65. The summed E-state index contributed by atoms with van der Waals surface area (Å²) >= 11 is 0. The highest BCUT2D eigenvalue weighted by atomic mass is 16.7. The number of carbonyl (C=O) groups excluding carboxylic acids is 1. The average Bonchev–Trinajstić information content (AvgIpc) is 2.82. The van der Waals surface area contributed by atoms with Crippen LogP contribution in [0.25, 0.3) is 0 Å². The lowest BCUT2D eigenvalue weighted by atomic mass is 9.79. The van der Waals surface area contributed by atoms with Crippen LogP contribution in [0.3, 0.4) is 0 Å². The van der Waals surface area contributed by atoms with Crippen molar-refractivity contribution in [1.29, 1.82) is 0 Å². The second kappa shape index (κ2) is 5.09. The lowest BCUT2D eigenvalue weighted by Gasteiger charge is -2.32. The Balaban J connectivity index is 1.95. The van der Waals surface area contributed by atoms with Crippen molar-refractivity contribution in [2.45, 2.75) is 64.7 Å². The first-order valence-electron chi connectivity index (χ1n) is 6.98. The standard InChI is InChI=1S/C14H23BN2O3/c1-9(18)11(16)6-10-7-12(17-8-10)15-19-13(2,3)14(4,5)20-15/h8,11H,6-7,16H2,1-5H3/t11-/m0/s1. The number of nitrogens with two attached hydrogens (primary N) is 1. The molecule has 0 amide bonds. The summed E-state index contributed by atoms with van der Waals surface area (Å²) in [5.41, 5.74) is 6.96. The van der Waals surface area contributed by atoms with Crippen molar-refractivity contribution >= 4 is 18.5 Å². The largest absolute Gasteiger partial charge is 0.510 e. The van der Waals surface area contributed by atoms with Gasteiger partial charge in [-0.05, 0) is 46.6 Å². The molecule has 20 heavy (non-hydrogen) atoms. The molecule has 1 atom stereocenters. The summed E-state index contributed by atoms with van der Waals surface area (Å²) in [6.07, 6.45) is 2.99. The average molecular weight is 278 g/mol. The summed E-state index contributed by atoms with van der Waals surface area (Å²) in [5, 5.41) is 0. The molecule has 0 aromatic carbocycles. The van der Waals surface area contributed by atoms with Crippen molar-refractivity contribution in [3.05, 3.63) is 11.8 Å². The third kappa shape index (κ3) is 2.87. The summed E-state index contributed by atoms with van der Waals surface area (Å²) in [6.45, 7) is 9.58. The Labute approximate surface area is 120 Å². The van der Waals surface area contributed by atoms with Crippen LogP contribution in [-0.4, -0.2) is 35.8 Å². The molecule has 0 aliphatic carbocycles. The third-order valence-electron chi connectivity index (χ3n) is 4.35. The number of Topliss-reactive ketones (excluding diaryl/α,β-unsaturated/α-hetero) is 1. The fourth-order valence-corrected chi connectivity index (χ4v) is 2.17. The highest BCUT2D eigenvalue weighted by Crippen LogP contribution is 2.38. The molecule has 0 radical (unpaired) electrons. The smallest absolute Gasteiger partial charge is 0.399 e. The zero-order chi connectivity index (χ0) is 15.1. The van der Waals surface area contributed by atoms with Crippen molar-refractivity contribution in [1.82, 2.24) is 0 Å². The summed E-state index contributed by atoms with van der Waals surface area (Å²) in [5.74, 6) is -0.00465. The maximum atomic E-state index is 11.2. The highest BCUT2D eigenvalue weighted by molar-refractivity contribution is 6.83. The molecular weight excluding hydrogens is 255 g/mol. The van der Waals surface area contributed by atoms with Crippen molar-refractivity contribution in [3.8, 4) is 0 Å². The minimum Gasteiger partial charge on any atom is -0.399 e. The van der Waals surface area contributed by atoms with E-state index in [1.54, 1.807) is 6.20 Å². The highest BCUT2D eigenvalue weighted by Gasteiger charge is 2.53. The first-order chi connectivity index (χ1) is 9.12. The minimum atomic E-state index is -0.450. The molecule has 0 unspecified atom stereocenters. The van der Waals surface area contributed by atoms with Crippen molar-refractivity contribution in [3.63, 3.8) is 0 Å². The molecule has 1 fully saturated rings. The van der Waals surface area contributed by atoms with E-state index in [-0.39, 0.29) is 17.0 Å². The van der Waals surface area contributed by atoms with Crippen LogP contribution in [0.4, 0.5) is 0 Å². The fourth-order valence-electron chi connectivity index (χ4n) is 2.17. The van der Waals surface area contributed by atoms with Crippen molar-refractivity contribution in [2.24, 2.45) is 10.7 Å². The first-order valence-corrected chi connectivity index (χ1v) is 6.98. The second-order valence-corrected chi connectivity index (χ2v) is 6.59. The van der Waals surface area contributed by atoms with Gasteiger partial charge < -0.3 is 15.0 Å². The number of hydrogen-bond donors (Lipinski definition) is 1. The lowest BCUT2D eigenvalue weighted by Crippen LogP contribution is -2.41. The second-order valence-electron chi connectivity index (χ2n) is 6.59. The van der Waals surface area contributed by atoms with Gasteiger partial charge in [0.1, 0.15) is 5.78 Å². The SMILES string of the molecule is CC(=O)[C@@H](N)CC1=CN=C(B2OC(C)(C)C(C)(C)O2)C1. The van der Waals surface area contributed by atoms with Gasteiger partial charge in [-0.15, -0.1) is 0 Å². The molecular formula is C14H23BN2O3. The van der Waals surface area contributed by atoms with Crippen molar-refractivity contribution in [2.75, 3.05) is 0 Å². The van der Waals surface area contributed by atoms with E-state index in [4.69, 9.17) is 15.0 Å². The molecule has 2 aliphatic heterocycles. The Kier molecular flexibility index (Phi) is 3.93. The van der Waals surface area contributed by atoms with Crippen LogP contribution in [0.15, 0.2) is 16.8 Å². The molecule has 2 heterocycles. The summed E-state index contributed by atoms with van der Waals surface area (Å²) < 4.78 is 11.9. The van der Waals surface area contributed by atoms with Crippen LogP contribution in [-0.2, 0) is 14.1 Å². The van der Waals surface area contributed by atoms with Crippen LogP contribution < -0.4 is 5.73 Å². The maximum absolute atomic E-state index is 11.2. The Morgan fingerprint density at radius 3 is 2.45 bits per heavy atom. The zero-order valence-electron chi connectivity index (χ0n) is 12.9. The molecule has 2 aliphatic rings. The van der Waals surface area contributed by atoms with Gasteiger partial charge in [0.15, 0.2) is 0 Å². The molecule has 0 saturated carbocycles. The van der Waals surface area contributed by atoms with E-state index in [9.17, 15) is 4.79 Å². The molecule has 6 heteroatoms. The van der Waals surface area contributed by atoms with E-state index < -0.39 is 13.2 Å². The van der Waals surface area contributed by atoms with Gasteiger partial charge in [0, 0.05) is 12.6 Å². The molecule has 0 aromatic rings. The number of hydrogen-bond acceptors (Lipinski definition) is 5. The molecule has 5 nitrogen and oxygen atoms in total. The molecule has 110 valence electrons.